The van der Waals surface area contributed by atoms with Gasteiger partial charge in [0.05, 0.1) is 59.0 Å². The molecule has 0 radical (unpaired) electrons. The van der Waals surface area contributed by atoms with Gasteiger partial charge in [-0.25, -0.2) is 9.78 Å². The highest BCUT2D eigenvalue weighted by atomic mass is 17.2. The van der Waals surface area contributed by atoms with Gasteiger partial charge in [0.2, 0.25) is 25.2 Å². The van der Waals surface area contributed by atoms with E-state index in [9.17, 15) is 163 Å². The SMILES string of the molecule is CCCCCCCCCCCCC(CO[C@@H]1OC(CO)[C@@H](O[C@H]2OC(CO)[C@@H](O)C(O)C2O)C(O)C1O)(CO[C@H](O)/C(O)=C(/O)[C@@H](CCO)O[C@H](O)/C(O)=C(/O)[C@H](O)CCO)Cc1ccc(C[C@](CCCCCCCCCCCC)(CO[C@@H]2OC(CO)[C@@H](OOC(CO)[C@@H](O)C(O)[C@@H](C)O)C(O)C2O)CO[C@H](O)/C(O)=C(/O)[C@@H](CCO)O[C@H](O)/C(O)=C(\O)[C@H](O)CCO)cc1. The van der Waals surface area contributed by atoms with Crippen molar-refractivity contribution in [3.63, 3.8) is 0 Å². The number of aliphatic hydroxyl groups is 32. The van der Waals surface area contributed by atoms with Gasteiger partial charge in [0.15, 0.2) is 64.9 Å². The fraction of sp³-hybridized carbons (Fsp3) is 0.837. The van der Waals surface area contributed by atoms with Gasteiger partial charge in [-0.05, 0) is 43.7 Å². The van der Waals surface area contributed by atoms with Crippen molar-refractivity contribution in [2.45, 2.75) is 367 Å². The molecule has 4 rings (SSSR count). The summed E-state index contributed by atoms with van der Waals surface area (Å²) in [5.41, 5.74) is -2.28. The zero-order valence-electron chi connectivity index (χ0n) is 74.4. The lowest BCUT2D eigenvalue weighted by molar-refractivity contribution is -0.421. The van der Waals surface area contributed by atoms with Crippen LogP contribution in [0, 0.1) is 10.8 Å². The Bertz CT molecular complexity index is 3300. The van der Waals surface area contributed by atoms with Gasteiger partial charge in [0, 0.05) is 62.9 Å². The Balaban J connectivity index is 1.99. The highest BCUT2D eigenvalue weighted by Gasteiger charge is 2.53. The summed E-state index contributed by atoms with van der Waals surface area (Å²) in [5, 5.41) is 344. The average Bonchev–Trinajstić information content (AvgIpc) is 0.789. The van der Waals surface area contributed by atoms with Crippen LogP contribution in [0.25, 0.3) is 0 Å². The molecule has 3 heterocycles. The van der Waals surface area contributed by atoms with E-state index in [0.29, 0.717) is 49.7 Å². The third-order valence-electron chi connectivity index (χ3n) is 23.4. The predicted molar refractivity (Wildman–Crippen MR) is 452 cm³/mol. The second-order valence-corrected chi connectivity index (χ2v) is 33.9. The largest absolute Gasteiger partial charge is 0.506 e. The average molecular weight is 1890 g/mol. The lowest BCUT2D eigenvalue weighted by atomic mass is 9.76. The maximum Gasteiger partial charge on any atom is 0.218 e. The lowest BCUT2D eigenvalue weighted by Gasteiger charge is -2.46. The van der Waals surface area contributed by atoms with Gasteiger partial charge in [0.25, 0.3) is 0 Å². The Morgan fingerprint density at radius 2 is 0.700 bits per heavy atom. The van der Waals surface area contributed by atoms with Gasteiger partial charge in [0.1, 0.15) is 116 Å². The molecule has 0 amide bonds. The smallest absolute Gasteiger partial charge is 0.218 e. The Morgan fingerprint density at radius 1 is 0.362 bits per heavy atom. The standard InChI is InChI=1S/C86H152O44/c1-4-6-8-10-12-14-16-18-20-22-32-85(44-119-78(115)71(110)62(101)53(30-36-89)123-80(117)69(108)60(99)51(96)28-34-87,46-121-82-74(113)67(106)76(57(42-93)126-82)128-84-73(112)66(105)64(103)55(40-91)125-84)38-49-24-26-50(27-25-49)39-86(33-23-21-19-17-15-13-11-9-7-5-2,45-120-79(116)72(111)63(102)54(31-37-90)124-81(118)70(109)61(100)52(97)29-35-88)47-122-83-75(114)68(107)77(58(43-94)127-83)130-129-56(41-92)65(104)59(98)48(3)95/h24-27,48,51-59,64-68,73-84,87-118H,4-23,28-47H2,1-3H3/b69-60-,70-61+,71-62-,72-63-/t48-,51-,52-,53-,54-,55?,56?,57?,58?,59?,64-,65-,66?,67?,68?,73?,74?,75?,76-,77-,78+,79+,80+,81+,82-,83-,84-,85?,86+/m1/s1. The summed E-state index contributed by atoms with van der Waals surface area (Å²) in [6.45, 7) is -4.29. The van der Waals surface area contributed by atoms with Crippen molar-refractivity contribution in [3.05, 3.63) is 81.5 Å². The van der Waals surface area contributed by atoms with Crippen LogP contribution in [0.2, 0.25) is 0 Å². The Kier molecular flexibility index (Phi) is 56.1. The van der Waals surface area contributed by atoms with Crippen LogP contribution < -0.4 is 0 Å². The van der Waals surface area contributed by atoms with Gasteiger partial charge < -0.3 is 211 Å². The molecule has 29 atom stereocenters. The number of ether oxygens (including phenoxy) is 10. The van der Waals surface area contributed by atoms with E-state index in [-0.39, 0.29) is 25.7 Å². The molecule has 760 valence electrons. The molecule has 0 spiro atoms. The second-order valence-electron chi connectivity index (χ2n) is 33.9. The van der Waals surface area contributed by atoms with Crippen molar-refractivity contribution in [1.29, 1.82) is 0 Å². The Morgan fingerprint density at radius 3 is 1.05 bits per heavy atom. The molecule has 3 aliphatic heterocycles. The van der Waals surface area contributed by atoms with E-state index in [2.05, 4.69) is 13.8 Å². The van der Waals surface area contributed by atoms with Gasteiger partial charge >= 0.3 is 0 Å². The molecule has 0 bridgehead atoms. The number of hydrogen-bond acceptors (Lipinski definition) is 44. The number of unbranched alkanes of at least 4 members (excludes halogenated alkanes) is 18. The third kappa shape index (κ3) is 37.2. The van der Waals surface area contributed by atoms with Crippen molar-refractivity contribution < 1.29 is 221 Å². The molecule has 0 aromatic heterocycles. The molecule has 1 aromatic rings. The van der Waals surface area contributed by atoms with Crippen LogP contribution in [0.15, 0.2) is 70.3 Å². The molecule has 1 aromatic carbocycles. The van der Waals surface area contributed by atoms with Gasteiger partial charge in [-0.15, -0.1) is 0 Å². The van der Waals surface area contributed by atoms with E-state index >= 15 is 0 Å². The van der Waals surface area contributed by atoms with Crippen molar-refractivity contribution in [3.8, 4) is 0 Å². The quantitative estimate of drug-likeness (QED) is 0.0121. The second kappa shape index (κ2) is 62.1. The topological polar surface area (TPSA) is 758 Å². The minimum absolute atomic E-state index is 0.0505. The summed E-state index contributed by atoms with van der Waals surface area (Å²) in [6, 6.07) is 6.50. The fourth-order valence-corrected chi connectivity index (χ4v) is 15.3. The molecule has 0 aliphatic carbocycles. The minimum atomic E-state index is -2.60. The van der Waals surface area contributed by atoms with Crippen molar-refractivity contribution in [1.82, 2.24) is 0 Å². The summed E-state index contributed by atoms with van der Waals surface area (Å²) < 4.78 is 58.9. The summed E-state index contributed by atoms with van der Waals surface area (Å²) in [5.74, 6) is -10.7. The molecule has 44 nitrogen and oxygen atoms in total. The summed E-state index contributed by atoms with van der Waals surface area (Å²) in [4.78, 5) is 10.5. The molecule has 3 aliphatic rings. The molecule has 3 saturated heterocycles. The van der Waals surface area contributed by atoms with Crippen LogP contribution >= 0.6 is 0 Å². The maximum absolute atomic E-state index is 11.9. The molecule has 130 heavy (non-hydrogen) atoms. The van der Waals surface area contributed by atoms with E-state index in [0.717, 1.165) is 96.8 Å². The number of aliphatic hydroxyl groups excluding tert-OH is 32. The molecule has 12 unspecified atom stereocenters. The monoisotopic (exact) mass is 1890 g/mol. The Labute approximate surface area is 756 Å². The zero-order valence-corrected chi connectivity index (χ0v) is 74.4. The fourth-order valence-electron chi connectivity index (χ4n) is 15.3. The minimum Gasteiger partial charge on any atom is -0.506 e. The summed E-state index contributed by atoms with van der Waals surface area (Å²) in [7, 11) is 0. The number of hydrogen-bond donors (Lipinski definition) is 32. The molecule has 44 heteroatoms. The van der Waals surface area contributed by atoms with Crippen LogP contribution in [0.4, 0.5) is 0 Å². The van der Waals surface area contributed by atoms with E-state index in [1.54, 1.807) is 24.3 Å². The lowest BCUT2D eigenvalue weighted by Crippen LogP contribution is -2.64. The van der Waals surface area contributed by atoms with E-state index in [4.69, 9.17) is 57.1 Å². The highest BCUT2D eigenvalue weighted by molar-refractivity contribution is 5.25. The van der Waals surface area contributed by atoms with Crippen LogP contribution in [0.5, 0.6) is 0 Å². The third-order valence-corrected chi connectivity index (χ3v) is 23.4. The summed E-state index contributed by atoms with van der Waals surface area (Å²) in [6.07, 6.45) is -39.7. The number of rotatable bonds is 70. The molecule has 3 fully saturated rings. The van der Waals surface area contributed by atoms with Crippen LogP contribution in [-0.2, 0) is 70.0 Å². The first-order valence-electron chi connectivity index (χ1n) is 44.9. The van der Waals surface area contributed by atoms with Crippen molar-refractivity contribution in [2.24, 2.45) is 10.8 Å². The van der Waals surface area contributed by atoms with Gasteiger partial charge in [-0.3, -0.25) is 0 Å². The predicted octanol–water partition coefficient (Wildman–Crippen LogP) is -1.12. The maximum atomic E-state index is 11.9. The van der Waals surface area contributed by atoms with E-state index < -0.39 is 328 Å². The summed E-state index contributed by atoms with van der Waals surface area (Å²) >= 11 is 0. The number of benzene rings is 1. The first-order chi connectivity index (χ1) is 61.9. The van der Waals surface area contributed by atoms with Gasteiger partial charge in [-0.1, -0.05) is 167 Å². The Hall–Kier alpha value is -4.86. The van der Waals surface area contributed by atoms with Crippen molar-refractivity contribution in [2.75, 3.05) is 79.3 Å². The molecule has 32 N–H and O–H groups in total. The van der Waals surface area contributed by atoms with Crippen LogP contribution in [0.1, 0.15) is 199 Å². The zero-order chi connectivity index (χ0) is 97.0. The van der Waals surface area contributed by atoms with Crippen molar-refractivity contribution >= 4 is 0 Å². The molecular weight excluding hydrogens is 1740 g/mol. The van der Waals surface area contributed by atoms with Gasteiger partial charge in [-0.2, -0.15) is 0 Å². The van der Waals surface area contributed by atoms with Crippen LogP contribution in [0.3, 0.4) is 0 Å². The first kappa shape index (κ1) is 117. The molecule has 0 saturated carbocycles. The van der Waals surface area contributed by atoms with Crippen LogP contribution in [-0.4, -0.2) is 409 Å². The normalized spacial score (nSPS) is 27.5. The highest BCUT2D eigenvalue weighted by Crippen LogP contribution is 2.40. The van der Waals surface area contributed by atoms with E-state index in [1.807, 2.05) is 0 Å². The molecular formula is C86H152O44. The van der Waals surface area contributed by atoms with E-state index in [1.165, 1.54) is 0 Å². The first-order valence-corrected chi connectivity index (χ1v) is 44.9.